The zero-order valence-corrected chi connectivity index (χ0v) is 18.2. The van der Waals surface area contributed by atoms with Gasteiger partial charge in [0.15, 0.2) is 16.6 Å². The van der Waals surface area contributed by atoms with Gasteiger partial charge in [-0.15, -0.1) is 0 Å². The molecule has 0 rings (SSSR count). The minimum atomic E-state index is -2.42. The van der Waals surface area contributed by atoms with E-state index in [4.69, 9.17) is 8.23 Å². The highest BCUT2D eigenvalue weighted by Gasteiger charge is 2.40. The van der Waals surface area contributed by atoms with Gasteiger partial charge in [0.05, 0.1) is 26.9 Å². The molecule has 0 bridgehead atoms. The maximum Gasteiger partial charge on any atom is 0.311 e. The molecule has 23 heavy (non-hydrogen) atoms. The quantitative estimate of drug-likeness (QED) is 0.266. The number of hydrogen-bond acceptors (Lipinski definition) is 8. The van der Waals surface area contributed by atoms with Crippen molar-refractivity contribution >= 4 is 25.2 Å². The van der Waals surface area contributed by atoms with Crippen molar-refractivity contribution in [2.75, 3.05) is 39.3 Å². The minimum absolute atomic E-state index is 0.207. The molecule has 0 saturated carbocycles. The molecule has 0 aromatic heterocycles. The van der Waals surface area contributed by atoms with E-state index in [1.807, 2.05) is 39.3 Å². The Morgan fingerprint density at radius 3 is 1.09 bits per heavy atom. The van der Waals surface area contributed by atoms with Crippen LogP contribution in [0.2, 0.25) is 39.3 Å². The van der Waals surface area contributed by atoms with E-state index in [9.17, 15) is 20.4 Å². The van der Waals surface area contributed by atoms with E-state index < -0.39 is 25.2 Å². The molecule has 140 valence electrons. The number of rotatable bonds is 12. The molecule has 0 amide bonds. The molecule has 0 radical (unpaired) electrons. The molecule has 0 saturated heterocycles. The predicted molar refractivity (Wildman–Crippen MR) is 96.4 cm³/mol. The number of aliphatic hydroxyl groups is 4. The average Bonchev–Trinajstić information content (AvgIpc) is 2.39. The molecule has 0 aromatic rings. The predicted octanol–water partition coefficient (Wildman–Crippen LogP) is -0.387. The molecule has 0 unspecified atom stereocenters. The van der Waals surface area contributed by atoms with Gasteiger partial charge in [0.25, 0.3) is 0 Å². The third kappa shape index (κ3) is 10.0. The van der Waals surface area contributed by atoms with Crippen LogP contribution in [-0.2, 0) is 8.23 Å². The number of aliphatic hydroxyl groups excluding tert-OH is 4. The summed E-state index contributed by atoms with van der Waals surface area (Å²) < 4.78 is 12.7. The van der Waals surface area contributed by atoms with Crippen LogP contribution in [0.15, 0.2) is 0 Å². The van der Waals surface area contributed by atoms with Crippen molar-refractivity contribution in [2.45, 2.75) is 39.3 Å². The zero-order chi connectivity index (χ0) is 18.3. The van der Waals surface area contributed by atoms with Gasteiger partial charge < -0.3 is 28.7 Å². The van der Waals surface area contributed by atoms with Crippen molar-refractivity contribution in [2.24, 2.45) is 0 Å². The summed E-state index contributed by atoms with van der Waals surface area (Å²) in [6.45, 7) is 11.3. The first-order chi connectivity index (χ1) is 10.4. The van der Waals surface area contributed by atoms with Crippen LogP contribution in [0.4, 0.5) is 0 Å². The second-order valence-corrected chi connectivity index (χ2v) is 19.5. The van der Waals surface area contributed by atoms with Gasteiger partial charge in [-0.25, -0.2) is 0 Å². The highest BCUT2D eigenvalue weighted by Crippen LogP contribution is 2.21. The van der Waals surface area contributed by atoms with E-state index in [0.717, 1.165) is 0 Å². The summed E-state index contributed by atoms with van der Waals surface area (Å²) >= 11 is 0. The number of hydrogen-bond donors (Lipinski definition) is 4. The minimum Gasteiger partial charge on any atom is -0.435 e. The molecule has 0 spiro atoms. The summed E-state index contributed by atoms with van der Waals surface area (Å²) in [5, 5.41) is 36.8. The first-order valence-corrected chi connectivity index (χ1v) is 16.7. The van der Waals surface area contributed by atoms with E-state index in [-0.39, 0.29) is 26.9 Å². The Balaban J connectivity index is 4.78. The SMILES string of the molecule is C[Si](C)(CN(CO)CO)O[Si](C)(C)O[Si](C)(C)CN(CO)CO. The van der Waals surface area contributed by atoms with E-state index in [2.05, 4.69) is 0 Å². The lowest BCUT2D eigenvalue weighted by molar-refractivity contribution is 0.0394. The molecule has 11 heteroatoms. The maximum absolute atomic E-state index is 9.19. The Morgan fingerprint density at radius 1 is 0.609 bits per heavy atom. The molecule has 0 fully saturated rings. The maximum atomic E-state index is 9.19. The smallest absolute Gasteiger partial charge is 0.311 e. The summed E-state index contributed by atoms with van der Waals surface area (Å²) in [5.74, 6) is 0. The van der Waals surface area contributed by atoms with Crippen molar-refractivity contribution in [3.63, 3.8) is 0 Å². The van der Waals surface area contributed by atoms with E-state index >= 15 is 0 Å². The van der Waals surface area contributed by atoms with Gasteiger partial charge in [-0.05, 0) is 39.3 Å². The summed E-state index contributed by atoms with van der Waals surface area (Å²) in [6, 6.07) is 0. The lowest BCUT2D eigenvalue weighted by Gasteiger charge is -2.40. The molecule has 0 aliphatic heterocycles. The second kappa shape index (κ2) is 9.72. The zero-order valence-electron chi connectivity index (χ0n) is 15.2. The Morgan fingerprint density at radius 2 is 0.870 bits per heavy atom. The van der Waals surface area contributed by atoms with Crippen LogP contribution in [0.5, 0.6) is 0 Å². The highest BCUT2D eigenvalue weighted by atomic mass is 28.5. The van der Waals surface area contributed by atoms with Crippen LogP contribution < -0.4 is 0 Å². The molecule has 4 N–H and O–H groups in total. The van der Waals surface area contributed by atoms with Crippen LogP contribution >= 0.6 is 0 Å². The van der Waals surface area contributed by atoms with Gasteiger partial charge >= 0.3 is 8.56 Å². The van der Waals surface area contributed by atoms with Gasteiger partial charge in [-0.2, -0.15) is 0 Å². The van der Waals surface area contributed by atoms with E-state index in [1.54, 1.807) is 0 Å². The molecule has 8 nitrogen and oxygen atoms in total. The number of nitrogens with zero attached hydrogens (tertiary/aromatic N) is 2. The van der Waals surface area contributed by atoms with E-state index in [0.29, 0.717) is 12.3 Å². The normalized spacial score (nSPS) is 14.1. The average molecular weight is 387 g/mol. The molecular formula is C12H34N2O6Si3. The molecule has 0 aliphatic carbocycles. The van der Waals surface area contributed by atoms with Crippen molar-refractivity contribution < 1.29 is 28.7 Å². The van der Waals surface area contributed by atoms with Crippen molar-refractivity contribution in [1.29, 1.82) is 0 Å². The summed E-state index contributed by atoms with van der Waals surface area (Å²) in [6.07, 6.45) is 1.03. The van der Waals surface area contributed by atoms with Crippen molar-refractivity contribution in [3.05, 3.63) is 0 Å². The Bertz CT molecular complexity index is 309. The van der Waals surface area contributed by atoms with Crippen LogP contribution in [0, 0.1) is 0 Å². The fraction of sp³-hybridized carbons (Fsp3) is 1.00. The third-order valence-electron chi connectivity index (χ3n) is 3.05. The molecular weight excluding hydrogens is 352 g/mol. The Kier molecular flexibility index (Phi) is 9.86. The fourth-order valence-corrected chi connectivity index (χ4v) is 17.0. The topological polar surface area (TPSA) is 106 Å². The van der Waals surface area contributed by atoms with Gasteiger partial charge in [0, 0.05) is 12.3 Å². The lowest BCUT2D eigenvalue weighted by atomic mass is 10.9. The summed E-state index contributed by atoms with van der Waals surface area (Å²) in [4.78, 5) is 3.05. The van der Waals surface area contributed by atoms with Crippen molar-refractivity contribution in [1.82, 2.24) is 9.80 Å². The van der Waals surface area contributed by atoms with Gasteiger partial charge in [0.2, 0.25) is 0 Å². The van der Waals surface area contributed by atoms with Gasteiger partial charge in [-0.1, -0.05) is 0 Å². The Labute approximate surface area is 142 Å². The summed E-state index contributed by atoms with van der Waals surface area (Å²) in [5.41, 5.74) is 0. The largest absolute Gasteiger partial charge is 0.435 e. The van der Waals surface area contributed by atoms with Crippen LogP contribution in [0.3, 0.4) is 0 Å². The first-order valence-electron chi connectivity index (χ1n) is 7.69. The monoisotopic (exact) mass is 386 g/mol. The summed E-state index contributed by atoms with van der Waals surface area (Å²) in [7, 11) is -6.71. The van der Waals surface area contributed by atoms with Gasteiger partial charge in [0.1, 0.15) is 0 Å². The highest BCUT2D eigenvalue weighted by molar-refractivity contribution is 6.87. The first kappa shape index (κ1) is 23.3. The molecule has 0 aromatic carbocycles. The molecule has 0 aliphatic rings. The standard InChI is InChI=1S/C12H34N2O6Si3/c1-21(2,11-13(7-15)8-16)19-23(5,6)20-22(3,4)12-14(9-17)10-18/h15-18H,7-12H2,1-6H3. The van der Waals surface area contributed by atoms with Crippen molar-refractivity contribution in [3.8, 4) is 0 Å². The van der Waals surface area contributed by atoms with E-state index in [1.165, 1.54) is 9.80 Å². The molecule has 0 atom stereocenters. The third-order valence-corrected chi connectivity index (χ3v) is 13.8. The lowest BCUT2D eigenvalue weighted by Crippen LogP contribution is -2.58. The second-order valence-electron chi connectivity index (χ2n) is 7.35. The Hall–Kier alpha value is 0.331. The van der Waals surface area contributed by atoms with Crippen LogP contribution in [-0.4, -0.2) is 94.7 Å². The van der Waals surface area contributed by atoms with Crippen LogP contribution in [0.25, 0.3) is 0 Å². The fourth-order valence-electron chi connectivity index (χ4n) is 2.78. The van der Waals surface area contributed by atoms with Crippen LogP contribution in [0.1, 0.15) is 0 Å². The molecule has 0 heterocycles. The van der Waals surface area contributed by atoms with Gasteiger partial charge in [-0.3, -0.25) is 9.80 Å².